The zero-order chi connectivity index (χ0) is 14.0. The average molecular weight is 351 g/mol. The Hall–Kier alpha value is -0.870. The second-order valence-electron chi connectivity index (χ2n) is 3.17. The molecule has 102 valence electrons. The van der Waals surface area contributed by atoms with Crippen molar-refractivity contribution >= 4 is 31.8 Å². The highest BCUT2D eigenvalue weighted by Crippen LogP contribution is 2.20. The van der Waals surface area contributed by atoms with Crippen LogP contribution in [0.4, 0.5) is 23.2 Å². The molecule has 1 aromatic carbocycles. The predicted molar refractivity (Wildman–Crippen MR) is 60.7 cm³/mol. The van der Waals surface area contributed by atoms with Crippen LogP contribution in [-0.2, 0) is 10.2 Å². The van der Waals surface area contributed by atoms with Crippen molar-refractivity contribution in [3.05, 3.63) is 28.5 Å². The van der Waals surface area contributed by atoms with E-state index in [2.05, 4.69) is 15.9 Å². The zero-order valence-corrected chi connectivity index (χ0v) is 11.0. The van der Waals surface area contributed by atoms with E-state index in [1.165, 1.54) is 10.8 Å². The van der Waals surface area contributed by atoms with Gasteiger partial charge in [0.2, 0.25) is 0 Å². The lowest BCUT2D eigenvalue weighted by molar-refractivity contribution is -0.121. The van der Waals surface area contributed by atoms with Crippen molar-refractivity contribution in [3.63, 3.8) is 0 Å². The highest BCUT2D eigenvalue weighted by atomic mass is 79.9. The Morgan fingerprint density at radius 3 is 2.39 bits per heavy atom. The topological polar surface area (TPSA) is 58.2 Å². The van der Waals surface area contributed by atoms with E-state index in [0.29, 0.717) is 4.47 Å². The Morgan fingerprint density at radius 1 is 1.28 bits per heavy atom. The Bertz CT molecular complexity index is 532. The van der Waals surface area contributed by atoms with Crippen LogP contribution < -0.4 is 9.44 Å². The third-order valence-electron chi connectivity index (χ3n) is 1.64. The van der Waals surface area contributed by atoms with Gasteiger partial charge in [-0.25, -0.2) is 4.39 Å². The highest BCUT2D eigenvalue weighted by Gasteiger charge is 2.29. The van der Waals surface area contributed by atoms with Crippen LogP contribution in [0.2, 0.25) is 0 Å². The number of benzene rings is 1. The number of anilines is 1. The first-order chi connectivity index (χ1) is 8.09. The van der Waals surface area contributed by atoms with E-state index in [0.717, 1.165) is 12.1 Å². The quantitative estimate of drug-likeness (QED) is 0.819. The van der Waals surface area contributed by atoms with Gasteiger partial charge in [-0.1, -0.05) is 15.9 Å². The third-order valence-corrected chi connectivity index (χ3v) is 3.14. The van der Waals surface area contributed by atoms with Crippen molar-refractivity contribution in [2.75, 3.05) is 11.3 Å². The van der Waals surface area contributed by atoms with Gasteiger partial charge in [0, 0.05) is 4.47 Å². The fourth-order valence-corrected chi connectivity index (χ4v) is 2.14. The van der Waals surface area contributed by atoms with Crippen LogP contribution in [0.5, 0.6) is 0 Å². The van der Waals surface area contributed by atoms with Crippen molar-refractivity contribution in [2.24, 2.45) is 0 Å². The molecule has 0 heterocycles. The molecule has 0 saturated carbocycles. The fourth-order valence-electron chi connectivity index (χ4n) is 0.930. The van der Waals surface area contributed by atoms with Crippen LogP contribution in [-0.4, -0.2) is 21.1 Å². The van der Waals surface area contributed by atoms with Gasteiger partial charge in [-0.3, -0.25) is 4.72 Å². The van der Waals surface area contributed by atoms with Crippen LogP contribution in [0.25, 0.3) is 0 Å². The lowest BCUT2D eigenvalue weighted by Gasteiger charge is -2.11. The Morgan fingerprint density at radius 2 is 1.89 bits per heavy atom. The van der Waals surface area contributed by atoms with E-state index in [-0.39, 0.29) is 0 Å². The van der Waals surface area contributed by atoms with Gasteiger partial charge >= 0.3 is 6.18 Å². The molecule has 0 spiro atoms. The Kier molecular flexibility index (Phi) is 4.56. The van der Waals surface area contributed by atoms with Gasteiger partial charge in [-0.2, -0.15) is 26.3 Å². The minimum absolute atomic E-state index is 0.367. The molecular formula is C8H7BrF4N2O2S. The number of hydrogen-bond acceptors (Lipinski definition) is 2. The number of hydrogen-bond donors (Lipinski definition) is 2. The maximum atomic E-state index is 13.2. The van der Waals surface area contributed by atoms with E-state index in [9.17, 15) is 26.0 Å². The van der Waals surface area contributed by atoms with Crippen molar-refractivity contribution in [3.8, 4) is 0 Å². The van der Waals surface area contributed by atoms with Crippen molar-refractivity contribution in [1.29, 1.82) is 0 Å². The molecule has 0 aromatic heterocycles. The van der Waals surface area contributed by atoms with E-state index in [1.54, 1.807) is 4.72 Å². The molecule has 0 saturated heterocycles. The second kappa shape index (κ2) is 5.41. The normalized spacial score (nSPS) is 12.5. The van der Waals surface area contributed by atoms with Gasteiger partial charge in [0.25, 0.3) is 10.2 Å². The van der Waals surface area contributed by atoms with Crippen LogP contribution >= 0.6 is 15.9 Å². The first-order valence-corrected chi connectivity index (χ1v) is 6.66. The summed E-state index contributed by atoms with van der Waals surface area (Å²) in [6.45, 7) is -1.74. The van der Waals surface area contributed by atoms with Gasteiger partial charge in [0.05, 0.1) is 5.69 Å². The maximum Gasteiger partial charge on any atom is 0.402 e. The van der Waals surface area contributed by atoms with Crippen LogP contribution in [0.3, 0.4) is 0 Å². The van der Waals surface area contributed by atoms with Crippen molar-refractivity contribution < 1.29 is 26.0 Å². The molecule has 0 radical (unpaired) electrons. The zero-order valence-electron chi connectivity index (χ0n) is 8.55. The second-order valence-corrected chi connectivity index (χ2v) is 5.58. The number of alkyl halides is 3. The summed E-state index contributed by atoms with van der Waals surface area (Å²) in [6, 6.07) is 3.39. The third kappa shape index (κ3) is 5.19. The van der Waals surface area contributed by atoms with E-state index in [4.69, 9.17) is 0 Å². The minimum atomic E-state index is -4.69. The summed E-state index contributed by atoms with van der Waals surface area (Å²) in [4.78, 5) is 0. The molecule has 2 N–H and O–H groups in total. The molecule has 4 nitrogen and oxygen atoms in total. The molecule has 0 aliphatic rings. The van der Waals surface area contributed by atoms with E-state index in [1.807, 2.05) is 0 Å². The van der Waals surface area contributed by atoms with Gasteiger partial charge in [0.15, 0.2) is 0 Å². The van der Waals surface area contributed by atoms with Crippen molar-refractivity contribution in [1.82, 2.24) is 4.72 Å². The predicted octanol–water partition coefficient (Wildman–Crippen LogP) is 2.40. The molecule has 0 bridgehead atoms. The Labute approximate surface area is 109 Å². The smallest absolute Gasteiger partial charge is 0.268 e. The molecule has 1 aromatic rings. The molecule has 0 unspecified atom stereocenters. The number of rotatable bonds is 4. The van der Waals surface area contributed by atoms with Crippen molar-refractivity contribution in [2.45, 2.75) is 6.18 Å². The molecule has 18 heavy (non-hydrogen) atoms. The highest BCUT2D eigenvalue weighted by molar-refractivity contribution is 9.10. The van der Waals surface area contributed by atoms with Crippen LogP contribution in [0.1, 0.15) is 0 Å². The monoisotopic (exact) mass is 350 g/mol. The van der Waals surface area contributed by atoms with Gasteiger partial charge in [0.1, 0.15) is 12.4 Å². The summed E-state index contributed by atoms with van der Waals surface area (Å²) in [6.07, 6.45) is -4.69. The van der Waals surface area contributed by atoms with Gasteiger partial charge in [-0.05, 0) is 18.2 Å². The molecule has 0 aliphatic carbocycles. The molecule has 1 rings (SSSR count). The summed E-state index contributed by atoms with van der Waals surface area (Å²) < 4.78 is 74.3. The molecular weight excluding hydrogens is 344 g/mol. The number of nitrogens with one attached hydrogen (secondary N) is 2. The molecule has 10 heteroatoms. The van der Waals surface area contributed by atoms with E-state index < -0.39 is 34.4 Å². The summed E-state index contributed by atoms with van der Waals surface area (Å²) >= 11 is 2.95. The average Bonchev–Trinajstić information content (AvgIpc) is 2.19. The molecule has 0 atom stereocenters. The minimum Gasteiger partial charge on any atom is -0.268 e. The summed E-state index contributed by atoms with van der Waals surface area (Å²) in [5, 5.41) is 0. The summed E-state index contributed by atoms with van der Waals surface area (Å²) in [5.41, 5.74) is -0.451. The van der Waals surface area contributed by atoms with Crippen LogP contribution in [0.15, 0.2) is 22.7 Å². The lowest BCUT2D eigenvalue weighted by atomic mass is 10.3. The number of halogens is 5. The van der Waals surface area contributed by atoms with Gasteiger partial charge < -0.3 is 0 Å². The molecule has 0 aliphatic heterocycles. The SMILES string of the molecule is O=S(=O)(NCC(F)(F)F)Nc1ccc(Br)cc1F. The first kappa shape index (κ1) is 15.2. The van der Waals surface area contributed by atoms with E-state index >= 15 is 0 Å². The maximum absolute atomic E-state index is 13.2. The lowest BCUT2D eigenvalue weighted by Crippen LogP contribution is -2.37. The standard InChI is InChI=1S/C8H7BrF4N2O2S/c9-5-1-2-7(6(10)3-5)15-18(16,17)14-4-8(11,12)13/h1-3,14-15H,4H2. The summed E-state index contributed by atoms with van der Waals surface area (Å²) in [7, 11) is -4.48. The Balaban J connectivity index is 2.77. The largest absolute Gasteiger partial charge is 0.402 e. The fraction of sp³-hybridized carbons (Fsp3) is 0.250. The first-order valence-electron chi connectivity index (χ1n) is 4.38. The molecule has 0 fully saturated rings. The van der Waals surface area contributed by atoms with Crippen LogP contribution in [0, 0.1) is 5.82 Å². The summed E-state index contributed by atoms with van der Waals surface area (Å²) in [5.74, 6) is -0.915. The molecule has 0 amide bonds. The van der Waals surface area contributed by atoms with Gasteiger partial charge in [-0.15, -0.1) is 0 Å².